The van der Waals surface area contributed by atoms with Crippen LogP contribution in [-0.4, -0.2) is 33.1 Å². The second-order valence-electron chi connectivity index (χ2n) is 7.13. The molecule has 2 aromatic heterocycles. The quantitative estimate of drug-likeness (QED) is 0.653. The van der Waals surface area contributed by atoms with Gasteiger partial charge in [0.1, 0.15) is 17.7 Å². The molecule has 1 aliphatic carbocycles. The summed E-state index contributed by atoms with van der Waals surface area (Å²) in [7, 11) is 1.65. The molecule has 7 heteroatoms. The van der Waals surface area contributed by atoms with Gasteiger partial charge in [-0.05, 0) is 51.7 Å². The molecule has 2 heterocycles. The van der Waals surface area contributed by atoms with E-state index in [9.17, 15) is 0 Å². The van der Waals surface area contributed by atoms with E-state index in [1.54, 1.807) is 7.11 Å². The van der Waals surface area contributed by atoms with E-state index in [-0.39, 0.29) is 6.10 Å². The highest BCUT2D eigenvalue weighted by Crippen LogP contribution is 2.32. The summed E-state index contributed by atoms with van der Waals surface area (Å²) in [5.74, 6) is 2.63. The van der Waals surface area contributed by atoms with E-state index in [0.717, 1.165) is 47.1 Å². The second kappa shape index (κ2) is 7.88. The van der Waals surface area contributed by atoms with E-state index in [4.69, 9.17) is 9.47 Å². The molecular weight excluding hydrogens is 354 g/mol. The third kappa shape index (κ3) is 4.08. The van der Waals surface area contributed by atoms with Crippen LogP contribution >= 0.6 is 0 Å². The normalized spacial score (nSPS) is 14.2. The van der Waals surface area contributed by atoms with Crippen molar-refractivity contribution in [3.63, 3.8) is 0 Å². The first-order valence-electron chi connectivity index (χ1n) is 9.60. The highest BCUT2D eigenvalue weighted by atomic mass is 16.5. The Bertz CT molecular complexity index is 963. The van der Waals surface area contributed by atoms with Crippen LogP contribution in [-0.2, 0) is 0 Å². The van der Waals surface area contributed by atoms with Crippen molar-refractivity contribution in [2.75, 3.05) is 12.4 Å². The first-order valence-corrected chi connectivity index (χ1v) is 9.60. The Morgan fingerprint density at radius 2 is 1.86 bits per heavy atom. The molecule has 4 rings (SSSR count). The van der Waals surface area contributed by atoms with Crippen LogP contribution in [0.5, 0.6) is 11.6 Å². The fourth-order valence-electron chi connectivity index (χ4n) is 3.48. The van der Waals surface area contributed by atoms with Crippen LogP contribution in [0, 0.1) is 13.8 Å². The monoisotopic (exact) mass is 379 g/mol. The van der Waals surface area contributed by atoms with Gasteiger partial charge in [-0.15, -0.1) is 0 Å². The molecule has 0 radical (unpaired) electrons. The Hall–Kier alpha value is -3.09. The standard InChI is InChI=1S/C21H25N5O2/c1-13-10-19(28-16-6-4-5-7-16)26-21(24-13)25-15-8-9-17(18(11-15)27-3)20-22-12-14(2)23-20/h8-12,16H,4-7H2,1-3H3,(H,22,23)(H,24,25,26). The highest BCUT2D eigenvalue weighted by Gasteiger charge is 2.18. The Morgan fingerprint density at radius 3 is 2.57 bits per heavy atom. The highest BCUT2D eigenvalue weighted by molar-refractivity contribution is 5.70. The lowest BCUT2D eigenvalue weighted by Crippen LogP contribution is -2.13. The number of anilines is 2. The molecule has 0 unspecified atom stereocenters. The van der Waals surface area contributed by atoms with Crippen LogP contribution in [0.4, 0.5) is 11.6 Å². The first-order chi connectivity index (χ1) is 13.6. The molecule has 0 amide bonds. The molecular formula is C21H25N5O2. The number of imidazole rings is 1. The zero-order chi connectivity index (χ0) is 19.5. The van der Waals surface area contributed by atoms with Crippen LogP contribution in [0.3, 0.4) is 0 Å². The molecule has 0 bridgehead atoms. The van der Waals surface area contributed by atoms with E-state index in [0.29, 0.717) is 11.8 Å². The fourth-order valence-corrected chi connectivity index (χ4v) is 3.48. The predicted molar refractivity (Wildman–Crippen MR) is 108 cm³/mol. The van der Waals surface area contributed by atoms with Crippen molar-refractivity contribution >= 4 is 11.6 Å². The van der Waals surface area contributed by atoms with E-state index in [1.165, 1.54) is 12.8 Å². The molecule has 0 saturated heterocycles. The van der Waals surface area contributed by atoms with Gasteiger partial charge in [-0.25, -0.2) is 9.97 Å². The number of benzene rings is 1. The van der Waals surface area contributed by atoms with Gasteiger partial charge in [0.05, 0.1) is 18.4 Å². The maximum absolute atomic E-state index is 6.03. The number of hydrogen-bond acceptors (Lipinski definition) is 6. The number of hydrogen-bond donors (Lipinski definition) is 2. The van der Waals surface area contributed by atoms with Gasteiger partial charge < -0.3 is 19.8 Å². The number of aromatic amines is 1. The third-order valence-corrected chi connectivity index (χ3v) is 4.84. The van der Waals surface area contributed by atoms with Crippen molar-refractivity contribution < 1.29 is 9.47 Å². The zero-order valence-corrected chi connectivity index (χ0v) is 16.5. The molecule has 0 atom stereocenters. The summed E-state index contributed by atoms with van der Waals surface area (Å²) in [6.45, 7) is 3.89. The lowest BCUT2D eigenvalue weighted by Gasteiger charge is -2.14. The average molecular weight is 379 g/mol. The summed E-state index contributed by atoms with van der Waals surface area (Å²) in [6, 6.07) is 7.72. The van der Waals surface area contributed by atoms with Crippen molar-refractivity contribution in [3.05, 3.63) is 41.9 Å². The van der Waals surface area contributed by atoms with Gasteiger partial charge in [-0.1, -0.05) is 0 Å². The van der Waals surface area contributed by atoms with E-state index >= 15 is 0 Å². The summed E-state index contributed by atoms with van der Waals surface area (Å²) >= 11 is 0. The van der Waals surface area contributed by atoms with Crippen molar-refractivity contribution in [1.82, 2.24) is 19.9 Å². The lowest BCUT2D eigenvalue weighted by molar-refractivity contribution is 0.201. The molecule has 1 saturated carbocycles. The summed E-state index contributed by atoms with van der Waals surface area (Å²) in [5.41, 5.74) is 3.53. The minimum Gasteiger partial charge on any atom is -0.496 e. The molecule has 1 fully saturated rings. The van der Waals surface area contributed by atoms with Crippen molar-refractivity contribution in [3.8, 4) is 23.0 Å². The maximum Gasteiger partial charge on any atom is 0.230 e. The van der Waals surface area contributed by atoms with Crippen LogP contribution in [0.1, 0.15) is 37.1 Å². The van der Waals surface area contributed by atoms with E-state index in [1.807, 2.05) is 44.3 Å². The van der Waals surface area contributed by atoms with E-state index < -0.39 is 0 Å². The van der Waals surface area contributed by atoms with Crippen molar-refractivity contribution in [1.29, 1.82) is 0 Å². The summed E-state index contributed by atoms with van der Waals surface area (Å²) in [6.07, 6.45) is 6.77. The minimum absolute atomic E-state index is 0.262. The molecule has 2 N–H and O–H groups in total. The fraction of sp³-hybridized carbons (Fsp3) is 0.381. The Balaban J connectivity index is 1.56. The Morgan fingerprint density at radius 1 is 1.04 bits per heavy atom. The largest absolute Gasteiger partial charge is 0.496 e. The molecule has 1 aromatic carbocycles. The molecule has 1 aliphatic rings. The average Bonchev–Trinajstić information content (AvgIpc) is 3.33. The smallest absolute Gasteiger partial charge is 0.230 e. The van der Waals surface area contributed by atoms with Gasteiger partial charge in [-0.2, -0.15) is 4.98 Å². The van der Waals surface area contributed by atoms with Crippen LogP contribution in [0.2, 0.25) is 0 Å². The van der Waals surface area contributed by atoms with Gasteiger partial charge >= 0.3 is 0 Å². The van der Waals surface area contributed by atoms with E-state index in [2.05, 4.69) is 25.3 Å². The molecule has 28 heavy (non-hydrogen) atoms. The van der Waals surface area contributed by atoms with Gasteiger partial charge in [0, 0.05) is 29.7 Å². The molecule has 0 spiro atoms. The number of H-pyrrole nitrogens is 1. The number of ether oxygens (including phenoxy) is 2. The maximum atomic E-state index is 6.03. The van der Waals surface area contributed by atoms with Gasteiger partial charge in [0.2, 0.25) is 11.8 Å². The topological polar surface area (TPSA) is 84.9 Å². The first kappa shape index (κ1) is 18.3. The Labute approximate surface area is 164 Å². The van der Waals surface area contributed by atoms with Gasteiger partial charge in [-0.3, -0.25) is 0 Å². The second-order valence-corrected chi connectivity index (χ2v) is 7.13. The predicted octanol–water partition coefficient (Wildman–Crippen LogP) is 4.56. The molecule has 146 valence electrons. The van der Waals surface area contributed by atoms with Crippen LogP contribution < -0.4 is 14.8 Å². The molecule has 0 aliphatic heterocycles. The summed E-state index contributed by atoms with van der Waals surface area (Å²) < 4.78 is 11.6. The number of rotatable bonds is 6. The van der Waals surface area contributed by atoms with Crippen LogP contribution in [0.25, 0.3) is 11.4 Å². The summed E-state index contributed by atoms with van der Waals surface area (Å²) in [5, 5.41) is 3.26. The van der Waals surface area contributed by atoms with Crippen LogP contribution in [0.15, 0.2) is 30.5 Å². The SMILES string of the molecule is COc1cc(Nc2nc(C)cc(OC3CCCC3)n2)ccc1-c1nc(C)c[nH]1. The molecule has 3 aromatic rings. The minimum atomic E-state index is 0.262. The number of nitrogens with zero attached hydrogens (tertiary/aromatic N) is 3. The number of aryl methyl sites for hydroxylation is 2. The zero-order valence-electron chi connectivity index (χ0n) is 16.5. The number of aromatic nitrogens is 4. The van der Waals surface area contributed by atoms with Gasteiger partial charge in [0.15, 0.2) is 0 Å². The number of methoxy groups -OCH3 is 1. The number of nitrogens with one attached hydrogen (secondary N) is 2. The third-order valence-electron chi connectivity index (χ3n) is 4.84. The van der Waals surface area contributed by atoms with Crippen molar-refractivity contribution in [2.45, 2.75) is 45.6 Å². The van der Waals surface area contributed by atoms with Gasteiger partial charge in [0.25, 0.3) is 0 Å². The Kier molecular flexibility index (Phi) is 5.14. The molecule has 7 nitrogen and oxygen atoms in total. The lowest BCUT2D eigenvalue weighted by atomic mass is 10.1. The summed E-state index contributed by atoms with van der Waals surface area (Å²) in [4.78, 5) is 16.6. The van der Waals surface area contributed by atoms with Crippen molar-refractivity contribution in [2.24, 2.45) is 0 Å².